The fourth-order valence-electron chi connectivity index (χ4n) is 1.74. The first-order valence-corrected chi connectivity index (χ1v) is 9.72. The van der Waals surface area contributed by atoms with Gasteiger partial charge in [0.2, 0.25) is 0 Å². The zero-order valence-electron chi connectivity index (χ0n) is 13.2. The minimum Gasteiger partial charge on any atom is -0.346 e. The molecule has 0 aliphatic rings. The van der Waals surface area contributed by atoms with E-state index in [1.807, 2.05) is 24.3 Å². The van der Waals surface area contributed by atoms with Crippen molar-refractivity contribution in [3.05, 3.63) is 28.7 Å². The maximum atomic E-state index is 12.9. The highest BCUT2D eigenvalue weighted by Gasteiger charge is 2.43. The van der Waals surface area contributed by atoms with E-state index in [1.165, 1.54) is 0 Å². The van der Waals surface area contributed by atoms with Gasteiger partial charge in [-0.25, -0.2) is 0 Å². The van der Waals surface area contributed by atoms with Crippen LogP contribution in [0.4, 0.5) is 5.69 Å². The van der Waals surface area contributed by atoms with Gasteiger partial charge in [-0.2, -0.15) is 0 Å². The molecule has 0 fully saturated rings. The van der Waals surface area contributed by atoms with Crippen molar-refractivity contribution in [1.29, 1.82) is 0 Å². The molecule has 5 nitrogen and oxygen atoms in total. The fraction of sp³-hybridized carbons (Fsp3) is 0.500. The van der Waals surface area contributed by atoms with E-state index >= 15 is 0 Å². The second kappa shape index (κ2) is 8.41. The van der Waals surface area contributed by atoms with Crippen molar-refractivity contribution in [2.24, 2.45) is 0 Å². The third-order valence-electron chi connectivity index (χ3n) is 2.80. The number of benzene rings is 1. The summed E-state index contributed by atoms with van der Waals surface area (Å²) in [7, 11) is -3.33. The molecule has 1 rings (SSSR count). The fourth-order valence-corrected chi connectivity index (χ4v) is 4.10. The molecule has 1 aromatic rings. The molecule has 0 saturated carbocycles. The molecule has 0 aliphatic carbocycles. The lowest BCUT2D eigenvalue weighted by atomic mass is 10.3. The van der Waals surface area contributed by atoms with Crippen LogP contribution in [-0.4, -0.2) is 23.6 Å². The minimum atomic E-state index is -3.33. The van der Waals surface area contributed by atoms with Crippen LogP contribution in [0.2, 0.25) is 0 Å². The lowest BCUT2D eigenvalue weighted by Gasteiger charge is -2.34. The summed E-state index contributed by atoms with van der Waals surface area (Å²) in [6, 6.07) is 7.58. The van der Waals surface area contributed by atoms with Crippen molar-refractivity contribution in [3.8, 4) is 0 Å². The number of nitrogens with one attached hydrogen (secondary N) is 2. The molecule has 0 aromatic heterocycles. The van der Waals surface area contributed by atoms with Gasteiger partial charge in [-0.3, -0.25) is 4.57 Å². The van der Waals surface area contributed by atoms with Crippen LogP contribution in [0.5, 0.6) is 0 Å². The van der Waals surface area contributed by atoms with Gasteiger partial charge in [-0.15, -0.1) is 0 Å². The van der Waals surface area contributed by atoms with Crippen LogP contribution < -0.4 is 10.6 Å². The average Bonchev–Trinajstić information content (AvgIpc) is 2.41. The third kappa shape index (κ3) is 5.32. The maximum Gasteiger partial charge on any atom is 0.355 e. The van der Waals surface area contributed by atoms with Crippen LogP contribution in [0.1, 0.15) is 27.7 Å². The van der Waals surface area contributed by atoms with Gasteiger partial charge in [0.15, 0.2) is 5.11 Å². The summed E-state index contributed by atoms with van der Waals surface area (Å²) in [5.41, 5.74) is 0.833. The highest BCUT2D eigenvalue weighted by molar-refractivity contribution is 9.10. The lowest BCUT2D eigenvalue weighted by molar-refractivity contribution is 0.198. The summed E-state index contributed by atoms with van der Waals surface area (Å²) in [5.74, 6) is 0. The van der Waals surface area contributed by atoms with E-state index in [-0.39, 0.29) is 0 Å². The molecular weight excluding hydrogens is 387 g/mol. The SMILES string of the molecule is CCOP(=O)(OCC)C(C)(C)NC(=S)Nc1ccc(Br)cc1. The first kappa shape index (κ1) is 19.6. The molecule has 8 heteroatoms. The predicted molar refractivity (Wildman–Crippen MR) is 98.4 cm³/mol. The number of rotatable bonds is 7. The number of halogens is 1. The van der Waals surface area contributed by atoms with Gasteiger partial charge >= 0.3 is 7.60 Å². The lowest BCUT2D eigenvalue weighted by Crippen LogP contribution is -2.46. The smallest absolute Gasteiger partial charge is 0.346 e. The van der Waals surface area contributed by atoms with Crippen molar-refractivity contribution in [1.82, 2.24) is 5.32 Å². The molecule has 0 heterocycles. The quantitative estimate of drug-likeness (QED) is 0.501. The highest BCUT2D eigenvalue weighted by Crippen LogP contribution is 2.58. The normalized spacial score (nSPS) is 12.0. The number of hydrogen-bond acceptors (Lipinski definition) is 4. The Hall–Kier alpha value is -0.460. The van der Waals surface area contributed by atoms with Crippen LogP contribution in [0.25, 0.3) is 0 Å². The molecule has 0 saturated heterocycles. The average molecular weight is 409 g/mol. The molecule has 22 heavy (non-hydrogen) atoms. The van der Waals surface area contributed by atoms with Crippen LogP contribution in [0, 0.1) is 0 Å². The van der Waals surface area contributed by atoms with Crippen molar-refractivity contribution >= 4 is 46.5 Å². The van der Waals surface area contributed by atoms with E-state index in [4.69, 9.17) is 21.3 Å². The number of hydrogen-bond donors (Lipinski definition) is 2. The van der Waals surface area contributed by atoms with E-state index in [2.05, 4.69) is 26.6 Å². The predicted octanol–water partition coefficient (Wildman–Crippen LogP) is 4.74. The Kier molecular flexibility index (Phi) is 7.49. The van der Waals surface area contributed by atoms with Gasteiger partial charge in [-0.1, -0.05) is 15.9 Å². The van der Waals surface area contributed by atoms with Crippen molar-refractivity contribution < 1.29 is 13.6 Å². The summed E-state index contributed by atoms with van der Waals surface area (Å²) in [6.45, 7) is 7.65. The van der Waals surface area contributed by atoms with Crippen molar-refractivity contribution in [2.45, 2.75) is 33.0 Å². The molecule has 0 unspecified atom stereocenters. The first-order valence-electron chi connectivity index (χ1n) is 6.98. The molecule has 2 N–H and O–H groups in total. The van der Waals surface area contributed by atoms with Crippen LogP contribution in [-0.2, 0) is 13.6 Å². The van der Waals surface area contributed by atoms with E-state index in [0.717, 1.165) is 10.2 Å². The van der Waals surface area contributed by atoms with Crippen LogP contribution >= 0.6 is 35.7 Å². The summed E-state index contributed by atoms with van der Waals surface area (Å²) in [6.07, 6.45) is 0. The second-order valence-electron chi connectivity index (χ2n) is 4.98. The van der Waals surface area contributed by atoms with Crippen molar-refractivity contribution in [3.63, 3.8) is 0 Å². The van der Waals surface area contributed by atoms with Gasteiger partial charge in [0.1, 0.15) is 5.28 Å². The zero-order valence-corrected chi connectivity index (χ0v) is 16.5. The molecule has 0 bridgehead atoms. The minimum absolute atomic E-state index is 0.301. The zero-order chi connectivity index (χ0) is 16.8. The molecule has 0 spiro atoms. The molecule has 0 atom stereocenters. The van der Waals surface area contributed by atoms with Gasteiger partial charge < -0.3 is 19.7 Å². The summed E-state index contributed by atoms with van der Waals surface area (Å²) in [5, 5.41) is 5.48. The van der Waals surface area contributed by atoms with Crippen LogP contribution in [0.3, 0.4) is 0 Å². The Morgan fingerprint density at radius 3 is 2.18 bits per heavy atom. The Morgan fingerprint density at radius 2 is 1.73 bits per heavy atom. The molecule has 1 aromatic carbocycles. The van der Waals surface area contributed by atoms with E-state index < -0.39 is 12.9 Å². The summed E-state index contributed by atoms with van der Waals surface area (Å²) >= 11 is 8.66. The summed E-state index contributed by atoms with van der Waals surface area (Å²) < 4.78 is 24.6. The Morgan fingerprint density at radius 1 is 1.23 bits per heavy atom. The Bertz CT molecular complexity index is 542. The Labute approximate surface area is 145 Å². The van der Waals surface area contributed by atoms with E-state index in [9.17, 15) is 4.57 Å². The van der Waals surface area contributed by atoms with Crippen LogP contribution in [0.15, 0.2) is 28.7 Å². The topological polar surface area (TPSA) is 59.6 Å². The van der Waals surface area contributed by atoms with Gasteiger partial charge in [0.25, 0.3) is 0 Å². The summed E-state index contributed by atoms with van der Waals surface area (Å²) in [4.78, 5) is 0. The molecular formula is C14H22BrN2O3PS. The highest BCUT2D eigenvalue weighted by atomic mass is 79.9. The largest absolute Gasteiger partial charge is 0.355 e. The Balaban J connectivity index is 2.78. The van der Waals surface area contributed by atoms with Gasteiger partial charge in [0, 0.05) is 10.2 Å². The number of anilines is 1. The standard InChI is InChI=1S/C14H22BrN2O3PS/c1-5-19-21(18,20-6-2)14(3,4)17-13(22)16-12-9-7-11(15)8-10-12/h7-10H,5-6H2,1-4H3,(H2,16,17,22). The molecule has 0 aliphatic heterocycles. The number of thiocarbonyl (C=S) groups is 1. The molecule has 0 radical (unpaired) electrons. The van der Waals surface area contributed by atoms with E-state index in [0.29, 0.717) is 18.3 Å². The maximum absolute atomic E-state index is 12.9. The van der Waals surface area contributed by atoms with Gasteiger partial charge in [-0.05, 0) is 64.2 Å². The van der Waals surface area contributed by atoms with Crippen molar-refractivity contribution in [2.75, 3.05) is 18.5 Å². The second-order valence-corrected chi connectivity index (χ2v) is 8.93. The first-order chi connectivity index (χ1) is 10.2. The third-order valence-corrected chi connectivity index (χ3v) is 6.21. The van der Waals surface area contributed by atoms with E-state index in [1.54, 1.807) is 27.7 Å². The van der Waals surface area contributed by atoms with Gasteiger partial charge in [0.05, 0.1) is 13.2 Å². The molecule has 124 valence electrons. The molecule has 0 amide bonds. The monoisotopic (exact) mass is 408 g/mol.